The number of halogens is 3. The van der Waals surface area contributed by atoms with Gasteiger partial charge in [-0.1, -0.05) is 75.2 Å². The molecule has 2 aliphatic rings. The molecule has 2 N–H and O–H groups in total. The van der Waals surface area contributed by atoms with E-state index in [9.17, 15) is 13.2 Å². The van der Waals surface area contributed by atoms with Gasteiger partial charge in [0.15, 0.2) is 0 Å². The number of nitrogens with one attached hydrogen (secondary N) is 2. The molecule has 13 heteroatoms. The van der Waals surface area contributed by atoms with Crippen LogP contribution in [0.2, 0.25) is 51.4 Å². The van der Waals surface area contributed by atoms with Gasteiger partial charge in [0, 0.05) is 58.5 Å². The first-order chi connectivity index (χ1) is 26.1. The third-order valence-corrected chi connectivity index (χ3v) is 13.8. The molecule has 2 aromatic carbocycles. The standard InChI is InChI=1S/C21H30F3N3OSi.C21H33N3OSi/c1-29(2,3)12-11-28-15-27-14-19(26-20(27)16-7-9-25-10-8-16)17-5-4-6-18(13-17)21(22,23)24;1-17-6-5-7-19(14-17)20-15-23-21(18-8-10-22-11-9-18)24(20)16-25-12-13-26(2,3)4/h4-6,13-14,16,25H,7-12,15H2,1-3H3;5-7,14-15,18,22H,8-13,16H2,1-4H3. The molecule has 2 aromatic heterocycles. The van der Waals surface area contributed by atoms with Crippen LogP contribution in [0.4, 0.5) is 13.2 Å². The lowest BCUT2D eigenvalue weighted by Crippen LogP contribution is -2.28. The molecule has 0 aliphatic carbocycles. The van der Waals surface area contributed by atoms with E-state index in [4.69, 9.17) is 19.4 Å². The van der Waals surface area contributed by atoms with Gasteiger partial charge in [-0.15, -0.1) is 0 Å². The minimum absolute atomic E-state index is 0.288. The van der Waals surface area contributed by atoms with Crippen LogP contribution < -0.4 is 10.6 Å². The Morgan fingerprint density at radius 1 is 0.745 bits per heavy atom. The molecule has 2 saturated heterocycles. The molecule has 4 heterocycles. The second-order valence-electron chi connectivity index (χ2n) is 17.6. The Balaban J connectivity index is 0.000000212. The van der Waals surface area contributed by atoms with Gasteiger partial charge in [-0.05, 0) is 89.1 Å². The van der Waals surface area contributed by atoms with E-state index >= 15 is 0 Å². The Morgan fingerprint density at radius 2 is 1.31 bits per heavy atom. The second-order valence-corrected chi connectivity index (χ2v) is 28.8. The van der Waals surface area contributed by atoms with Crippen LogP contribution in [0.1, 0.15) is 60.3 Å². The summed E-state index contributed by atoms with van der Waals surface area (Å²) in [6.07, 6.45) is 3.74. The third kappa shape index (κ3) is 13.2. The highest BCUT2D eigenvalue weighted by molar-refractivity contribution is 6.76. The first-order valence-corrected chi connectivity index (χ1v) is 27.4. The molecule has 2 aliphatic heterocycles. The van der Waals surface area contributed by atoms with Crippen LogP contribution in [0, 0.1) is 6.92 Å². The molecular formula is C42H63F3N6O2Si2. The Hall–Kier alpha value is -3.08. The highest BCUT2D eigenvalue weighted by Gasteiger charge is 2.31. The van der Waals surface area contributed by atoms with Crippen LogP contribution in [0.25, 0.3) is 22.5 Å². The van der Waals surface area contributed by atoms with Crippen molar-refractivity contribution in [2.24, 2.45) is 0 Å². The zero-order valence-electron chi connectivity index (χ0n) is 34.1. The number of rotatable bonds is 14. The molecule has 8 nitrogen and oxygen atoms in total. The highest BCUT2D eigenvalue weighted by Crippen LogP contribution is 2.34. The second kappa shape index (κ2) is 19.4. The lowest BCUT2D eigenvalue weighted by molar-refractivity contribution is -0.137. The third-order valence-electron chi connectivity index (χ3n) is 10.3. The predicted octanol–water partition coefficient (Wildman–Crippen LogP) is 9.99. The Labute approximate surface area is 328 Å². The fraction of sp³-hybridized carbons (Fsp3) is 0.571. The normalized spacial score (nSPS) is 16.3. The first kappa shape index (κ1) is 43.1. The van der Waals surface area contributed by atoms with E-state index in [1.807, 2.05) is 17.0 Å². The number of benzene rings is 2. The summed E-state index contributed by atoms with van der Waals surface area (Å²) in [5, 5.41) is 6.80. The Kier molecular flexibility index (Phi) is 15.2. The molecule has 6 rings (SSSR count). The summed E-state index contributed by atoms with van der Waals surface area (Å²) in [7, 11) is -2.25. The van der Waals surface area contributed by atoms with E-state index in [1.165, 1.54) is 40.8 Å². The fourth-order valence-corrected chi connectivity index (χ4v) is 8.49. The maximum absolute atomic E-state index is 13.1. The molecular weight excluding hydrogens is 734 g/mol. The van der Waals surface area contributed by atoms with Crippen molar-refractivity contribution in [1.29, 1.82) is 0 Å². The van der Waals surface area contributed by atoms with Gasteiger partial charge in [-0.2, -0.15) is 13.2 Å². The van der Waals surface area contributed by atoms with Crippen LogP contribution in [0.15, 0.2) is 60.9 Å². The molecule has 55 heavy (non-hydrogen) atoms. The van der Waals surface area contributed by atoms with E-state index < -0.39 is 27.9 Å². The molecule has 0 atom stereocenters. The molecule has 0 unspecified atom stereocenters. The number of hydrogen-bond donors (Lipinski definition) is 2. The van der Waals surface area contributed by atoms with Crippen molar-refractivity contribution >= 4 is 16.1 Å². The monoisotopic (exact) mass is 796 g/mol. The maximum Gasteiger partial charge on any atom is 0.416 e. The molecule has 0 radical (unpaired) electrons. The van der Waals surface area contributed by atoms with E-state index in [0.29, 0.717) is 37.2 Å². The van der Waals surface area contributed by atoms with E-state index in [0.717, 1.165) is 76.4 Å². The Bertz CT molecular complexity index is 1780. The molecule has 0 saturated carbocycles. The average molecular weight is 797 g/mol. The van der Waals surface area contributed by atoms with Gasteiger partial charge in [0.05, 0.1) is 23.1 Å². The number of nitrogens with zero attached hydrogens (tertiary/aromatic N) is 4. The van der Waals surface area contributed by atoms with Crippen molar-refractivity contribution in [1.82, 2.24) is 29.7 Å². The van der Waals surface area contributed by atoms with Crippen molar-refractivity contribution < 1.29 is 22.6 Å². The summed E-state index contributed by atoms with van der Waals surface area (Å²) < 4.78 is 55.7. The summed E-state index contributed by atoms with van der Waals surface area (Å²) in [6, 6.07) is 16.3. The molecule has 0 amide bonds. The van der Waals surface area contributed by atoms with E-state index in [2.05, 4.69) is 85.7 Å². The van der Waals surface area contributed by atoms with Crippen LogP contribution in [-0.4, -0.2) is 74.6 Å². The van der Waals surface area contributed by atoms with E-state index in [1.54, 1.807) is 6.07 Å². The number of aryl methyl sites for hydroxylation is 1. The zero-order chi connectivity index (χ0) is 39.6. The SMILES string of the molecule is C[Si](C)(C)CCOCn1cc(-c2cccc(C(F)(F)F)c2)nc1C1CCNCC1.Cc1cccc(-c2cnc(C3CCNCC3)n2COCC[Si](C)(C)C)c1. The maximum atomic E-state index is 13.1. The van der Waals surface area contributed by atoms with Crippen molar-refractivity contribution in [3.8, 4) is 22.5 Å². The number of piperidine rings is 2. The molecule has 302 valence electrons. The lowest BCUT2D eigenvalue weighted by atomic mass is 9.97. The van der Waals surface area contributed by atoms with Crippen molar-refractivity contribution in [3.63, 3.8) is 0 Å². The summed E-state index contributed by atoms with van der Waals surface area (Å²) in [5.41, 5.74) is 4.08. The first-order valence-electron chi connectivity index (χ1n) is 20.0. The summed E-state index contributed by atoms with van der Waals surface area (Å²) >= 11 is 0. The van der Waals surface area contributed by atoms with Gasteiger partial charge < -0.3 is 29.2 Å². The summed E-state index contributed by atoms with van der Waals surface area (Å²) in [4.78, 5) is 9.59. The fourth-order valence-electron chi connectivity index (χ4n) is 6.98. The quantitative estimate of drug-likeness (QED) is 0.0978. The number of aromatic nitrogens is 4. The molecule has 4 aromatic rings. The smallest absolute Gasteiger partial charge is 0.361 e. The van der Waals surface area contributed by atoms with Crippen LogP contribution in [0.5, 0.6) is 0 Å². The van der Waals surface area contributed by atoms with Crippen LogP contribution in [-0.2, 0) is 29.1 Å². The van der Waals surface area contributed by atoms with Crippen LogP contribution in [0.3, 0.4) is 0 Å². The van der Waals surface area contributed by atoms with Crippen molar-refractivity contribution in [2.75, 3.05) is 39.4 Å². The van der Waals surface area contributed by atoms with Gasteiger partial charge in [0.2, 0.25) is 0 Å². The van der Waals surface area contributed by atoms with Crippen molar-refractivity contribution in [2.45, 2.75) is 115 Å². The van der Waals surface area contributed by atoms with E-state index in [-0.39, 0.29) is 5.92 Å². The topological polar surface area (TPSA) is 78.2 Å². The molecule has 0 spiro atoms. The minimum Gasteiger partial charge on any atom is -0.361 e. The number of alkyl halides is 3. The molecule has 0 bridgehead atoms. The largest absolute Gasteiger partial charge is 0.416 e. The van der Waals surface area contributed by atoms with Crippen molar-refractivity contribution in [3.05, 3.63) is 83.7 Å². The number of hydrogen-bond acceptors (Lipinski definition) is 6. The molecule has 2 fully saturated rings. The van der Waals surface area contributed by atoms with Gasteiger partial charge in [0.25, 0.3) is 0 Å². The average Bonchev–Trinajstić information content (AvgIpc) is 3.77. The summed E-state index contributed by atoms with van der Waals surface area (Å²) in [5.74, 6) is 2.91. The minimum atomic E-state index is -4.36. The lowest BCUT2D eigenvalue weighted by Gasteiger charge is -2.24. The van der Waals surface area contributed by atoms with Gasteiger partial charge >= 0.3 is 6.18 Å². The number of ether oxygens (including phenoxy) is 2. The Morgan fingerprint density at radius 3 is 1.89 bits per heavy atom. The van der Waals surface area contributed by atoms with Gasteiger partial charge in [-0.25, -0.2) is 9.97 Å². The van der Waals surface area contributed by atoms with Crippen LogP contribution >= 0.6 is 0 Å². The van der Waals surface area contributed by atoms with Gasteiger partial charge in [0.1, 0.15) is 25.1 Å². The summed E-state index contributed by atoms with van der Waals surface area (Å²) in [6.45, 7) is 22.8. The van der Waals surface area contributed by atoms with Gasteiger partial charge in [-0.3, -0.25) is 0 Å². The highest BCUT2D eigenvalue weighted by atomic mass is 28.3. The number of imidazole rings is 2. The zero-order valence-corrected chi connectivity index (χ0v) is 36.1. The predicted molar refractivity (Wildman–Crippen MR) is 223 cm³/mol.